The van der Waals surface area contributed by atoms with Crippen LogP contribution in [0.15, 0.2) is 28.7 Å². The maximum absolute atomic E-state index is 6.00. The SMILES string of the molecule is CCOC(C(C)C)C(NN)c1cc2cc(Cl)ccc2o1. The van der Waals surface area contributed by atoms with Crippen molar-refractivity contribution in [3.8, 4) is 0 Å². The molecule has 2 rings (SSSR count). The van der Waals surface area contributed by atoms with Crippen LogP contribution in [0.5, 0.6) is 0 Å². The van der Waals surface area contributed by atoms with Crippen LogP contribution in [-0.2, 0) is 4.74 Å². The van der Waals surface area contributed by atoms with E-state index in [4.69, 9.17) is 26.6 Å². The molecule has 4 nitrogen and oxygen atoms in total. The third kappa shape index (κ3) is 3.15. The minimum atomic E-state index is -0.193. The Labute approximate surface area is 124 Å². The first kappa shape index (κ1) is 15.3. The van der Waals surface area contributed by atoms with Gasteiger partial charge in [-0.3, -0.25) is 5.84 Å². The fraction of sp³-hybridized carbons (Fsp3) is 0.467. The van der Waals surface area contributed by atoms with E-state index >= 15 is 0 Å². The highest BCUT2D eigenvalue weighted by Gasteiger charge is 2.28. The number of hydrogen-bond acceptors (Lipinski definition) is 4. The van der Waals surface area contributed by atoms with Crippen molar-refractivity contribution in [2.45, 2.75) is 32.9 Å². The molecule has 0 saturated heterocycles. The fourth-order valence-corrected chi connectivity index (χ4v) is 2.57. The summed E-state index contributed by atoms with van der Waals surface area (Å²) in [5.74, 6) is 6.78. The van der Waals surface area contributed by atoms with E-state index in [0.29, 0.717) is 17.5 Å². The normalized spacial score (nSPS) is 14.9. The Kier molecular flexibility index (Phi) is 5.05. The monoisotopic (exact) mass is 296 g/mol. The average molecular weight is 297 g/mol. The molecule has 1 heterocycles. The molecule has 0 saturated carbocycles. The van der Waals surface area contributed by atoms with Gasteiger partial charge in [0.1, 0.15) is 17.4 Å². The van der Waals surface area contributed by atoms with Crippen molar-refractivity contribution in [1.82, 2.24) is 5.43 Å². The van der Waals surface area contributed by atoms with Gasteiger partial charge in [0.25, 0.3) is 0 Å². The van der Waals surface area contributed by atoms with Crippen LogP contribution in [0, 0.1) is 5.92 Å². The number of benzene rings is 1. The van der Waals surface area contributed by atoms with Crippen LogP contribution >= 0.6 is 11.6 Å². The number of nitrogens with one attached hydrogen (secondary N) is 1. The lowest BCUT2D eigenvalue weighted by Gasteiger charge is -2.28. The van der Waals surface area contributed by atoms with E-state index in [0.717, 1.165) is 16.7 Å². The maximum Gasteiger partial charge on any atom is 0.134 e. The average Bonchev–Trinajstić information content (AvgIpc) is 2.81. The predicted octanol–water partition coefficient (Wildman–Crippen LogP) is 3.65. The number of furan rings is 1. The molecular formula is C15H21ClN2O2. The summed E-state index contributed by atoms with van der Waals surface area (Å²) >= 11 is 6.00. The van der Waals surface area contributed by atoms with E-state index in [-0.39, 0.29) is 12.1 Å². The van der Waals surface area contributed by atoms with Crippen LogP contribution < -0.4 is 11.3 Å². The number of fused-ring (bicyclic) bond motifs is 1. The summed E-state index contributed by atoms with van der Waals surface area (Å²) in [4.78, 5) is 0. The highest BCUT2D eigenvalue weighted by Crippen LogP contribution is 2.30. The fourth-order valence-electron chi connectivity index (χ4n) is 2.39. The quantitative estimate of drug-likeness (QED) is 0.631. The van der Waals surface area contributed by atoms with E-state index in [1.54, 1.807) is 0 Å². The Hall–Kier alpha value is -1.07. The van der Waals surface area contributed by atoms with Crippen LogP contribution in [-0.4, -0.2) is 12.7 Å². The summed E-state index contributed by atoms with van der Waals surface area (Å²) in [7, 11) is 0. The van der Waals surface area contributed by atoms with Gasteiger partial charge in [0.2, 0.25) is 0 Å². The van der Waals surface area contributed by atoms with E-state index in [2.05, 4.69) is 19.3 Å². The van der Waals surface area contributed by atoms with Gasteiger partial charge < -0.3 is 9.15 Å². The van der Waals surface area contributed by atoms with Crippen molar-refractivity contribution in [3.05, 3.63) is 35.0 Å². The van der Waals surface area contributed by atoms with Gasteiger partial charge in [0.05, 0.1) is 6.10 Å². The Bertz CT molecular complexity index is 568. The summed E-state index contributed by atoms with van der Waals surface area (Å²) in [6, 6.07) is 7.31. The Morgan fingerprint density at radius 3 is 2.70 bits per heavy atom. The minimum absolute atomic E-state index is 0.0546. The van der Waals surface area contributed by atoms with Crippen molar-refractivity contribution < 1.29 is 9.15 Å². The first-order valence-electron chi connectivity index (χ1n) is 6.83. The summed E-state index contributed by atoms with van der Waals surface area (Å²) in [6.07, 6.45) is -0.0546. The van der Waals surface area contributed by atoms with E-state index in [1.165, 1.54) is 0 Å². The Morgan fingerprint density at radius 2 is 2.10 bits per heavy atom. The van der Waals surface area contributed by atoms with Crippen LogP contribution in [0.4, 0.5) is 0 Å². The van der Waals surface area contributed by atoms with Crippen molar-refractivity contribution in [3.63, 3.8) is 0 Å². The lowest BCUT2D eigenvalue weighted by molar-refractivity contribution is -0.00192. The second kappa shape index (κ2) is 6.59. The molecule has 2 atom stereocenters. The number of rotatable bonds is 6. The number of hydrogen-bond donors (Lipinski definition) is 2. The van der Waals surface area contributed by atoms with Gasteiger partial charge in [0, 0.05) is 17.0 Å². The first-order chi connectivity index (χ1) is 9.56. The molecule has 5 heteroatoms. The summed E-state index contributed by atoms with van der Waals surface area (Å²) in [5.41, 5.74) is 3.60. The highest BCUT2D eigenvalue weighted by atomic mass is 35.5. The topological polar surface area (TPSA) is 60.4 Å². The van der Waals surface area contributed by atoms with E-state index in [9.17, 15) is 0 Å². The van der Waals surface area contributed by atoms with Gasteiger partial charge in [-0.1, -0.05) is 25.4 Å². The molecule has 0 aliphatic heterocycles. The lowest BCUT2D eigenvalue weighted by Crippen LogP contribution is -2.40. The molecule has 0 aliphatic carbocycles. The van der Waals surface area contributed by atoms with Crippen molar-refractivity contribution in [2.75, 3.05) is 6.61 Å². The van der Waals surface area contributed by atoms with Crippen LogP contribution in [0.25, 0.3) is 11.0 Å². The number of nitrogens with two attached hydrogens (primary N) is 1. The summed E-state index contributed by atoms with van der Waals surface area (Å²) in [6.45, 7) is 6.81. The zero-order valence-corrected chi connectivity index (χ0v) is 12.8. The van der Waals surface area contributed by atoms with Crippen LogP contribution in [0.2, 0.25) is 5.02 Å². The molecule has 1 aromatic carbocycles. The largest absolute Gasteiger partial charge is 0.459 e. The number of hydrazine groups is 1. The Balaban J connectivity index is 2.37. The summed E-state index contributed by atoms with van der Waals surface area (Å²) < 4.78 is 11.7. The number of halogens is 1. The predicted molar refractivity (Wildman–Crippen MR) is 81.5 cm³/mol. The van der Waals surface area contributed by atoms with Gasteiger partial charge in [-0.25, -0.2) is 5.43 Å². The van der Waals surface area contributed by atoms with Crippen molar-refractivity contribution >= 4 is 22.6 Å². The first-order valence-corrected chi connectivity index (χ1v) is 7.21. The highest BCUT2D eigenvalue weighted by molar-refractivity contribution is 6.31. The van der Waals surface area contributed by atoms with Gasteiger partial charge in [-0.2, -0.15) is 0 Å². The van der Waals surface area contributed by atoms with Gasteiger partial charge in [-0.05, 0) is 37.1 Å². The molecule has 0 fully saturated rings. The second-order valence-corrected chi connectivity index (χ2v) is 5.58. The van der Waals surface area contributed by atoms with Gasteiger partial charge in [0.15, 0.2) is 0 Å². The standard InChI is InChI=1S/C15H21ClN2O2/c1-4-19-15(9(2)3)14(18-17)13-8-10-7-11(16)5-6-12(10)20-13/h5-9,14-15,18H,4,17H2,1-3H3. The van der Waals surface area contributed by atoms with Crippen molar-refractivity contribution in [2.24, 2.45) is 11.8 Å². The molecule has 20 heavy (non-hydrogen) atoms. The second-order valence-electron chi connectivity index (χ2n) is 5.14. The van der Waals surface area contributed by atoms with Gasteiger partial charge in [-0.15, -0.1) is 0 Å². The molecule has 0 radical (unpaired) electrons. The maximum atomic E-state index is 6.00. The molecule has 1 aromatic heterocycles. The molecule has 110 valence electrons. The molecular weight excluding hydrogens is 276 g/mol. The molecule has 2 aromatic rings. The van der Waals surface area contributed by atoms with Crippen LogP contribution in [0.1, 0.15) is 32.6 Å². The summed E-state index contributed by atoms with van der Waals surface area (Å²) in [5, 5.41) is 1.65. The van der Waals surface area contributed by atoms with E-state index < -0.39 is 0 Å². The minimum Gasteiger partial charge on any atom is -0.459 e. The smallest absolute Gasteiger partial charge is 0.134 e. The molecule has 3 N–H and O–H groups in total. The molecule has 2 unspecified atom stereocenters. The molecule has 0 bridgehead atoms. The zero-order chi connectivity index (χ0) is 14.7. The Morgan fingerprint density at radius 1 is 1.35 bits per heavy atom. The van der Waals surface area contributed by atoms with E-state index in [1.807, 2.05) is 31.2 Å². The number of ether oxygens (including phenoxy) is 1. The third-order valence-corrected chi connectivity index (χ3v) is 3.56. The molecule has 0 spiro atoms. The molecule has 0 aliphatic rings. The molecule has 0 amide bonds. The van der Waals surface area contributed by atoms with Crippen LogP contribution in [0.3, 0.4) is 0 Å². The zero-order valence-electron chi connectivity index (χ0n) is 12.0. The van der Waals surface area contributed by atoms with Crippen molar-refractivity contribution in [1.29, 1.82) is 0 Å². The lowest BCUT2D eigenvalue weighted by atomic mass is 9.98. The third-order valence-electron chi connectivity index (χ3n) is 3.33. The van der Waals surface area contributed by atoms with Gasteiger partial charge >= 0.3 is 0 Å².